The van der Waals surface area contributed by atoms with Gasteiger partial charge in [-0.15, -0.1) is 0 Å². The summed E-state index contributed by atoms with van der Waals surface area (Å²) in [4.78, 5) is 0. The molecule has 0 atom stereocenters. The first-order valence-corrected chi connectivity index (χ1v) is 16.7. The molecule has 0 N–H and O–H groups in total. The Balaban J connectivity index is 0.000000293. The van der Waals surface area contributed by atoms with Crippen molar-refractivity contribution >= 4 is 0 Å². The summed E-state index contributed by atoms with van der Waals surface area (Å²) in [5.41, 5.74) is 17.0. The molecule has 0 saturated carbocycles. The molecule has 4 rings (SSSR count). The molecule has 0 spiro atoms. The maximum absolute atomic E-state index is 2.28. The molecule has 44 heavy (non-hydrogen) atoms. The third kappa shape index (κ3) is 13.3. The van der Waals surface area contributed by atoms with E-state index in [1.165, 1.54) is 66.8 Å². The van der Waals surface area contributed by atoms with Gasteiger partial charge in [0.2, 0.25) is 0 Å². The minimum atomic E-state index is 0.647. The number of aryl methyl sites for hydroxylation is 8. The molecule has 0 amide bonds. The first-order chi connectivity index (χ1) is 20.4. The molecule has 4 aromatic rings. The fourth-order valence-corrected chi connectivity index (χ4v) is 5.59. The molecule has 240 valence electrons. The van der Waals surface area contributed by atoms with Crippen LogP contribution in [0.5, 0.6) is 0 Å². The van der Waals surface area contributed by atoms with Crippen LogP contribution < -0.4 is 0 Å². The summed E-state index contributed by atoms with van der Waals surface area (Å²) in [7, 11) is 0. The van der Waals surface area contributed by atoms with Gasteiger partial charge in [-0.1, -0.05) is 145 Å². The molecule has 0 aromatic heterocycles. The topological polar surface area (TPSA) is 0 Å². The Morgan fingerprint density at radius 1 is 0.341 bits per heavy atom. The fraction of sp³-hybridized carbons (Fsp3) is 0.455. The molecular formula is C44H64. The van der Waals surface area contributed by atoms with Crippen molar-refractivity contribution in [1.82, 2.24) is 0 Å². The van der Waals surface area contributed by atoms with Gasteiger partial charge in [0.25, 0.3) is 0 Å². The normalized spacial score (nSPS) is 10.6. The quantitative estimate of drug-likeness (QED) is 0.221. The van der Waals surface area contributed by atoms with Gasteiger partial charge < -0.3 is 0 Å². The van der Waals surface area contributed by atoms with Crippen LogP contribution in [0.25, 0.3) is 0 Å². The molecule has 0 fully saturated rings. The van der Waals surface area contributed by atoms with Crippen molar-refractivity contribution in [1.29, 1.82) is 0 Å². The second kappa shape index (κ2) is 18.6. The molecule has 0 heteroatoms. The molecular weight excluding hydrogens is 528 g/mol. The van der Waals surface area contributed by atoms with Crippen molar-refractivity contribution in [3.63, 3.8) is 0 Å². The Hall–Kier alpha value is -3.12. The zero-order valence-electron chi connectivity index (χ0n) is 31.2. The Labute approximate surface area is 273 Å². The maximum atomic E-state index is 2.28. The molecule has 0 radical (unpaired) electrons. The average molecular weight is 593 g/mol. The lowest BCUT2D eigenvalue weighted by Gasteiger charge is -2.12. The number of hydrogen-bond donors (Lipinski definition) is 0. The maximum Gasteiger partial charge on any atom is -0.0214 e. The molecule has 0 aliphatic rings. The highest BCUT2D eigenvalue weighted by atomic mass is 14.1. The van der Waals surface area contributed by atoms with Gasteiger partial charge in [0, 0.05) is 0 Å². The van der Waals surface area contributed by atoms with Crippen LogP contribution in [0.3, 0.4) is 0 Å². The van der Waals surface area contributed by atoms with E-state index in [9.17, 15) is 0 Å². The summed E-state index contributed by atoms with van der Waals surface area (Å²) in [6.45, 7) is 35.2. The van der Waals surface area contributed by atoms with Crippen LogP contribution in [0.2, 0.25) is 0 Å². The Bertz CT molecular complexity index is 1390. The number of rotatable bonds is 4. The minimum Gasteiger partial charge on any atom is -0.0617 e. The van der Waals surface area contributed by atoms with Crippen LogP contribution >= 0.6 is 0 Å². The van der Waals surface area contributed by atoms with Gasteiger partial charge in [-0.25, -0.2) is 0 Å². The minimum absolute atomic E-state index is 0.647. The van der Waals surface area contributed by atoms with Gasteiger partial charge in [-0.3, -0.25) is 0 Å². The van der Waals surface area contributed by atoms with E-state index in [0.717, 1.165) is 0 Å². The van der Waals surface area contributed by atoms with Gasteiger partial charge in [0.1, 0.15) is 0 Å². The molecule has 0 aliphatic carbocycles. The van der Waals surface area contributed by atoms with Crippen LogP contribution in [0.15, 0.2) is 72.8 Å². The van der Waals surface area contributed by atoms with Gasteiger partial charge in [0.15, 0.2) is 0 Å². The van der Waals surface area contributed by atoms with E-state index >= 15 is 0 Å². The number of hydrogen-bond acceptors (Lipinski definition) is 0. The van der Waals surface area contributed by atoms with Crippen molar-refractivity contribution in [2.75, 3.05) is 0 Å². The van der Waals surface area contributed by atoms with Crippen LogP contribution in [0.4, 0.5) is 0 Å². The third-order valence-corrected chi connectivity index (χ3v) is 8.28. The van der Waals surface area contributed by atoms with E-state index in [1.807, 2.05) is 0 Å². The fourth-order valence-electron chi connectivity index (χ4n) is 5.59. The van der Waals surface area contributed by atoms with Crippen molar-refractivity contribution in [3.05, 3.63) is 140 Å². The standard InChI is InChI=1S/4C11H16/c1-8(2)11-6-9(3)5-10(4)7-11;1-8(2)11-6-5-9(3)10(4)7-11;1-8(2)11-7-9(3)5-6-10(11)4;1-8(2)11-9(3)6-5-7-10(11)4/h4*5-8H,1-4H3. The van der Waals surface area contributed by atoms with Crippen molar-refractivity contribution in [2.45, 2.75) is 134 Å². The second-order valence-corrected chi connectivity index (χ2v) is 14.0. The Morgan fingerprint density at radius 2 is 0.841 bits per heavy atom. The highest BCUT2D eigenvalue weighted by molar-refractivity contribution is 5.36. The molecule has 4 aromatic carbocycles. The first-order valence-electron chi connectivity index (χ1n) is 16.7. The SMILES string of the molecule is Cc1cc(C)cc(C(C)C)c1.Cc1ccc(C(C)C)cc1C.Cc1ccc(C)c(C(C)C)c1.Cc1cccc(C)c1C(C)C. The van der Waals surface area contributed by atoms with Crippen molar-refractivity contribution < 1.29 is 0 Å². The predicted molar refractivity (Wildman–Crippen MR) is 200 cm³/mol. The molecule has 0 aliphatic heterocycles. The van der Waals surface area contributed by atoms with E-state index in [4.69, 9.17) is 0 Å². The predicted octanol–water partition coefficient (Wildman–Crippen LogP) is 13.7. The van der Waals surface area contributed by atoms with E-state index in [2.05, 4.69) is 184 Å². The third-order valence-electron chi connectivity index (χ3n) is 8.28. The lowest BCUT2D eigenvalue weighted by Crippen LogP contribution is -1.94. The van der Waals surface area contributed by atoms with Crippen molar-refractivity contribution in [2.24, 2.45) is 0 Å². The Kier molecular flexibility index (Phi) is 16.5. The van der Waals surface area contributed by atoms with Gasteiger partial charge in [-0.2, -0.15) is 0 Å². The van der Waals surface area contributed by atoms with Gasteiger partial charge >= 0.3 is 0 Å². The summed E-state index contributed by atoms with van der Waals surface area (Å²) in [5.74, 6) is 2.59. The van der Waals surface area contributed by atoms with E-state index < -0.39 is 0 Å². The first kappa shape index (κ1) is 38.9. The van der Waals surface area contributed by atoms with E-state index in [0.29, 0.717) is 23.7 Å². The highest BCUT2D eigenvalue weighted by Gasteiger charge is 2.05. The molecule has 0 bridgehead atoms. The molecule has 0 saturated heterocycles. The largest absolute Gasteiger partial charge is 0.0617 e. The molecule has 0 unspecified atom stereocenters. The van der Waals surface area contributed by atoms with E-state index in [-0.39, 0.29) is 0 Å². The highest BCUT2D eigenvalue weighted by Crippen LogP contribution is 2.23. The lowest BCUT2D eigenvalue weighted by molar-refractivity contribution is 0.846. The van der Waals surface area contributed by atoms with Crippen LogP contribution in [-0.2, 0) is 0 Å². The average Bonchev–Trinajstić information content (AvgIpc) is 2.91. The summed E-state index contributed by atoms with van der Waals surface area (Å²) in [6, 6.07) is 26.6. The monoisotopic (exact) mass is 593 g/mol. The van der Waals surface area contributed by atoms with Crippen LogP contribution in [-0.4, -0.2) is 0 Å². The molecule has 0 nitrogen and oxygen atoms in total. The lowest BCUT2D eigenvalue weighted by atomic mass is 9.94. The van der Waals surface area contributed by atoms with Crippen molar-refractivity contribution in [3.8, 4) is 0 Å². The zero-order valence-corrected chi connectivity index (χ0v) is 31.2. The summed E-state index contributed by atoms with van der Waals surface area (Å²) >= 11 is 0. The second-order valence-electron chi connectivity index (χ2n) is 14.0. The smallest absolute Gasteiger partial charge is 0.0214 e. The summed E-state index contributed by atoms with van der Waals surface area (Å²) in [5, 5.41) is 0. The van der Waals surface area contributed by atoms with E-state index in [1.54, 1.807) is 0 Å². The zero-order chi connectivity index (χ0) is 33.7. The number of benzene rings is 4. The Morgan fingerprint density at radius 3 is 1.23 bits per heavy atom. The molecule has 0 heterocycles. The summed E-state index contributed by atoms with van der Waals surface area (Å²) < 4.78 is 0. The summed E-state index contributed by atoms with van der Waals surface area (Å²) in [6.07, 6.45) is 0. The van der Waals surface area contributed by atoms with Gasteiger partial charge in [-0.05, 0) is 129 Å². The van der Waals surface area contributed by atoms with Crippen LogP contribution in [0, 0.1) is 55.4 Å². The van der Waals surface area contributed by atoms with Gasteiger partial charge in [0.05, 0.1) is 0 Å². The van der Waals surface area contributed by atoms with Crippen LogP contribution in [0.1, 0.15) is 146 Å².